The fourth-order valence-corrected chi connectivity index (χ4v) is 5.32. The summed E-state index contributed by atoms with van der Waals surface area (Å²) in [4.78, 5) is 10.4. The third-order valence-electron chi connectivity index (χ3n) is 5.87. The second-order valence-electron chi connectivity index (χ2n) is 7.82. The first kappa shape index (κ1) is 20.8. The Labute approximate surface area is 188 Å². The van der Waals surface area contributed by atoms with E-state index in [1.807, 2.05) is 6.92 Å². The van der Waals surface area contributed by atoms with Crippen molar-refractivity contribution in [3.8, 4) is 5.88 Å². The van der Waals surface area contributed by atoms with Gasteiger partial charge in [0.15, 0.2) is 5.82 Å². The molecular formula is C23H23F2N5OS. The van der Waals surface area contributed by atoms with Gasteiger partial charge in [0.2, 0.25) is 10.8 Å². The first-order chi connectivity index (χ1) is 15.5. The number of nitrogens with zero attached hydrogens (tertiary/aromatic N) is 5. The van der Waals surface area contributed by atoms with Gasteiger partial charge < -0.3 is 10.0 Å². The van der Waals surface area contributed by atoms with Crippen molar-refractivity contribution in [3.63, 3.8) is 0 Å². The fourth-order valence-electron chi connectivity index (χ4n) is 4.18. The van der Waals surface area contributed by atoms with Crippen molar-refractivity contribution >= 4 is 22.0 Å². The normalized spacial score (nSPS) is 16.0. The summed E-state index contributed by atoms with van der Waals surface area (Å²) in [5.74, 6) is 0.215. The average Bonchev–Trinajstić information content (AvgIpc) is 3.35. The van der Waals surface area contributed by atoms with Gasteiger partial charge in [-0.05, 0) is 42.0 Å². The number of aromatic hydroxyl groups is 1. The molecule has 9 heteroatoms. The molecule has 1 N–H and O–H groups in total. The molecule has 1 aliphatic rings. The molecule has 0 aliphatic carbocycles. The van der Waals surface area contributed by atoms with Gasteiger partial charge in [-0.3, -0.25) is 4.90 Å². The molecule has 0 unspecified atom stereocenters. The van der Waals surface area contributed by atoms with Crippen molar-refractivity contribution < 1.29 is 13.9 Å². The topological polar surface area (TPSA) is 56.9 Å². The van der Waals surface area contributed by atoms with Crippen LogP contribution in [0.2, 0.25) is 0 Å². The van der Waals surface area contributed by atoms with E-state index in [-0.39, 0.29) is 23.6 Å². The first-order valence-corrected chi connectivity index (χ1v) is 11.4. The number of piperazine rings is 1. The third kappa shape index (κ3) is 3.82. The number of fused-ring (bicyclic) bond motifs is 1. The standard InChI is InChI=1S/C23H23F2N5OS/c1-2-19-26-23-30(27-19)22(31)21(32-23)20(15-3-5-16(24)6-4-15)29-13-11-28(12-14-29)18-9-7-17(25)8-10-18/h3-10,20,31H,2,11-14H2,1H3/t20-/m0/s1. The number of hydrogen-bond donors (Lipinski definition) is 1. The molecule has 0 saturated carbocycles. The Hall–Kier alpha value is -3.04. The summed E-state index contributed by atoms with van der Waals surface area (Å²) >= 11 is 1.41. The molecule has 1 saturated heterocycles. The summed E-state index contributed by atoms with van der Waals surface area (Å²) in [6.07, 6.45) is 0.690. The van der Waals surface area contributed by atoms with Crippen molar-refractivity contribution in [2.45, 2.75) is 19.4 Å². The van der Waals surface area contributed by atoms with Crippen LogP contribution in [0.1, 0.15) is 29.2 Å². The smallest absolute Gasteiger partial charge is 0.230 e. The lowest BCUT2D eigenvalue weighted by molar-refractivity contribution is 0.211. The summed E-state index contributed by atoms with van der Waals surface area (Å²) in [5.41, 5.74) is 1.88. The Kier molecular flexibility index (Phi) is 5.52. The van der Waals surface area contributed by atoms with Gasteiger partial charge in [-0.1, -0.05) is 30.4 Å². The number of rotatable bonds is 5. The van der Waals surface area contributed by atoms with Crippen LogP contribution in [0, 0.1) is 11.6 Å². The molecule has 166 valence electrons. The lowest BCUT2D eigenvalue weighted by Crippen LogP contribution is -2.47. The number of benzene rings is 2. The van der Waals surface area contributed by atoms with E-state index in [0.29, 0.717) is 17.2 Å². The number of thiazole rings is 1. The highest BCUT2D eigenvalue weighted by molar-refractivity contribution is 7.17. The highest BCUT2D eigenvalue weighted by Gasteiger charge is 2.32. The van der Waals surface area contributed by atoms with Crippen LogP contribution in [-0.4, -0.2) is 50.8 Å². The van der Waals surface area contributed by atoms with E-state index in [9.17, 15) is 13.9 Å². The zero-order chi connectivity index (χ0) is 22.2. The highest BCUT2D eigenvalue weighted by atomic mass is 32.1. The Morgan fingerprint density at radius 3 is 2.19 bits per heavy atom. The van der Waals surface area contributed by atoms with Gasteiger partial charge in [-0.15, -0.1) is 5.10 Å². The molecule has 0 radical (unpaired) electrons. The van der Waals surface area contributed by atoms with Crippen LogP contribution in [0.3, 0.4) is 0 Å². The van der Waals surface area contributed by atoms with Gasteiger partial charge in [0.1, 0.15) is 11.6 Å². The molecule has 6 nitrogen and oxygen atoms in total. The van der Waals surface area contributed by atoms with E-state index in [1.54, 1.807) is 24.3 Å². The van der Waals surface area contributed by atoms with Crippen molar-refractivity contribution in [1.29, 1.82) is 0 Å². The summed E-state index contributed by atoms with van der Waals surface area (Å²) in [7, 11) is 0. The molecule has 1 fully saturated rings. The SMILES string of the molecule is CCc1nc2sc([C@H](c3ccc(F)cc3)N3CCN(c4ccc(F)cc4)CC3)c(O)n2n1. The van der Waals surface area contributed by atoms with Gasteiger partial charge in [-0.25, -0.2) is 13.8 Å². The van der Waals surface area contributed by atoms with Crippen LogP contribution in [-0.2, 0) is 6.42 Å². The minimum Gasteiger partial charge on any atom is -0.492 e. The molecule has 0 amide bonds. The fraction of sp³-hybridized carbons (Fsp3) is 0.304. The van der Waals surface area contributed by atoms with Crippen molar-refractivity contribution in [1.82, 2.24) is 19.5 Å². The van der Waals surface area contributed by atoms with E-state index in [1.165, 1.54) is 40.1 Å². The minimum atomic E-state index is -0.298. The molecule has 2 aromatic carbocycles. The van der Waals surface area contributed by atoms with Crippen LogP contribution in [0.25, 0.3) is 4.96 Å². The van der Waals surface area contributed by atoms with Crippen molar-refractivity contribution in [2.24, 2.45) is 0 Å². The van der Waals surface area contributed by atoms with Gasteiger partial charge >= 0.3 is 0 Å². The van der Waals surface area contributed by atoms with Crippen molar-refractivity contribution in [3.05, 3.63) is 76.4 Å². The number of halogens is 2. The second-order valence-corrected chi connectivity index (χ2v) is 8.83. The van der Waals surface area contributed by atoms with Gasteiger partial charge in [0, 0.05) is 38.3 Å². The predicted molar refractivity (Wildman–Crippen MR) is 120 cm³/mol. The molecule has 5 rings (SSSR count). The highest BCUT2D eigenvalue weighted by Crippen LogP contribution is 2.40. The van der Waals surface area contributed by atoms with Crippen LogP contribution in [0.4, 0.5) is 14.5 Å². The van der Waals surface area contributed by atoms with E-state index < -0.39 is 0 Å². The molecule has 4 aromatic rings. The maximum Gasteiger partial charge on any atom is 0.230 e. The third-order valence-corrected chi connectivity index (χ3v) is 6.94. The van der Waals surface area contributed by atoms with E-state index in [0.717, 1.165) is 42.3 Å². The zero-order valence-corrected chi connectivity index (χ0v) is 18.4. The lowest BCUT2D eigenvalue weighted by atomic mass is 10.0. The van der Waals surface area contributed by atoms with E-state index >= 15 is 0 Å². The summed E-state index contributed by atoms with van der Waals surface area (Å²) in [6.45, 7) is 4.94. The summed E-state index contributed by atoms with van der Waals surface area (Å²) in [5, 5.41) is 15.4. The largest absolute Gasteiger partial charge is 0.492 e. The van der Waals surface area contributed by atoms with Gasteiger partial charge in [0.25, 0.3) is 0 Å². The average molecular weight is 456 g/mol. The molecule has 0 spiro atoms. The van der Waals surface area contributed by atoms with E-state index in [2.05, 4.69) is 19.9 Å². The molecule has 0 bridgehead atoms. The Balaban J connectivity index is 1.46. The molecule has 3 heterocycles. The molecular weight excluding hydrogens is 432 g/mol. The van der Waals surface area contributed by atoms with Crippen LogP contribution in [0.15, 0.2) is 48.5 Å². The quantitative estimate of drug-likeness (QED) is 0.488. The maximum absolute atomic E-state index is 13.6. The minimum absolute atomic E-state index is 0.0764. The number of aryl methyl sites for hydroxylation is 1. The van der Waals surface area contributed by atoms with Crippen LogP contribution < -0.4 is 4.90 Å². The summed E-state index contributed by atoms with van der Waals surface area (Å²) in [6, 6.07) is 12.7. The van der Waals surface area contributed by atoms with Gasteiger partial charge in [0.05, 0.1) is 10.9 Å². The van der Waals surface area contributed by atoms with Gasteiger partial charge in [-0.2, -0.15) is 4.52 Å². The number of anilines is 1. The number of hydrogen-bond acceptors (Lipinski definition) is 6. The molecule has 1 atom stereocenters. The molecule has 1 aliphatic heterocycles. The Morgan fingerprint density at radius 2 is 1.59 bits per heavy atom. The van der Waals surface area contributed by atoms with Crippen LogP contribution in [0.5, 0.6) is 5.88 Å². The van der Waals surface area contributed by atoms with Crippen molar-refractivity contribution in [2.75, 3.05) is 31.1 Å². The van der Waals surface area contributed by atoms with Crippen LogP contribution >= 0.6 is 11.3 Å². The number of aromatic nitrogens is 3. The Morgan fingerprint density at radius 1 is 0.969 bits per heavy atom. The zero-order valence-electron chi connectivity index (χ0n) is 17.6. The monoisotopic (exact) mass is 455 g/mol. The molecule has 2 aromatic heterocycles. The van der Waals surface area contributed by atoms with E-state index in [4.69, 9.17) is 0 Å². The predicted octanol–water partition coefficient (Wildman–Crippen LogP) is 4.25. The maximum atomic E-state index is 13.6. The summed E-state index contributed by atoms with van der Waals surface area (Å²) < 4.78 is 28.4. The Bertz CT molecular complexity index is 1210. The second kappa shape index (κ2) is 8.48. The molecule has 32 heavy (non-hydrogen) atoms. The first-order valence-electron chi connectivity index (χ1n) is 10.6. The lowest BCUT2D eigenvalue weighted by Gasteiger charge is -2.40.